The fourth-order valence-corrected chi connectivity index (χ4v) is 3.49. The Morgan fingerprint density at radius 3 is 2.72 bits per heavy atom. The smallest absolute Gasteiger partial charge is 0.119 e. The Hall–Kier alpha value is -1.06. The van der Waals surface area contributed by atoms with Crippen LogP contribution in [0, 0.1) is 0 Å². The molecule has 0 aromatic heterocycles. The summed E-state index contributed by atoms with van der Waals surface area (Å²) in [6.45, 7) is 2.52. The van der Waals surface area contributed by atoms with Crippen LogP contribution in [0.3, 0.4) is 0 Å². The third-order valence-electron chi connectivity index (χ3n) is 4.42. The summed E-state index contributed by atoms with van der Waals surface area (Å²) < 4.78 is 5.35. The molecule has 0 bridgehead atoms. The van der Waals surface area contributed by atoms with Crippen LogP contribution in [0.15, 0.2) is 18.2 Å². The SMILES string of the molecule is CNC1c2cc(OC)ccc2CC1N1CCCC1. The second-order valence-corrected chi connectivity index (χ2v) is 5.35. The molecule has 0 saturated carbocycles. The zero-order valence-electron chi connectivity index (χ0n) is 11.3. The fourth-order valence-electron chi connectivity index (χ4n) is 3.49. The molecule has 1 fully saturated rings. The van der Waals surface area contributed by atoms with Crippen molar-refractivity contribution in [2.24, 2.45) is 0 Å². The number of hydrogen-bond acceptors (Lipinski definition) is 3. The lowest BCUT2D eigenvalue weighted by Gasteiger charge is -2.29. The monoisotopic (exact) mass is 246 g/mol. The first-order chi connectivity index (χ1) is 8.83. The number of ether oxygens (including phenoxy) is 1. The van der Waals surface area contributed by atoms with E-state index < -0.39 is 0 Å². The Labute approximate surface area is 109 Å². The highest BCUT2D eigenvalue weighted by molar-refractivity contribution is 5.42. The van der Waals surface area contributed by atoms with E-state index in [1.165, 1.54) is 43.5 Å². The van der Waals surface area contributed by atoms with Gasteiger partial charge >= 0.3 is 0 Å². The molecule has 98 valence electrons. The average molecular weight is 246 g/mol. The number of benzene rings is 1. The number of hydrogen-bond donors (Lipinski definition) is 1. The lowest BCUT2D eigenvalue weighted by Crippen LogP contribution is -2.40. The van der Waals surface area contributed by atoms with Crippen molar-refractivity contribution in [3.63, 3.8) is 0 Å². The molecule has 2 aliphatic rings. The van der Waals surface area contributed by atoms with E-state index in [1.807, 2.05) is 0 Å². The topological polar surface area (TPSA) is 24.5 Å². The average Bonchev–Trinajstić information content (AvgIpc) is 3.04. The standard InChI is InChI=1S/C15H22N2O/c1-16-15-13-10-12(18-2)6-5-11(13)9-14(15)17-7-3-4-8-17/h5-6,10,14-16H,3-4,7-9H2,1-2H3. The predicted octanol–water partition coefficient (Wildman–Crippen LogP) is 1.98. The first-order valence-corrected chi connectivity index (χ1v) is 6.91. The molecule has 1 aromatic carbocycles. The van der Waals surface area contributed by atoms with Crippen LogP contribution < -0.4 is 10.1 Å². The van der Waals surface area contributed by atoms with Crippen molar-refractivity contribution in [1.29, 1.82) is 0 Å². The second-order valence-electron chi connectivity index (χ2n) is 5.35. The Balaban J connectivity index is 1.89. The van der Waals surface area contributed by atoms with Gasteiger partial charge in [-0.25, -0.2) is 0 Å². The van der Waals surface area contributed by atoms with Crippen molar-refractivity contribution < 1.29 is 4.74 Å². The van der Waals surface area contributed by atoms with Crippen molar-refractivity contribution in [2.45, 2.75) is 31.3 Å². The van der Waals surface area contributed by atoms with E-state index >= 15 is 0 Å². The van der Waals surface area contributed by atoms with Gasteiger partial charge in [0.1, 0.15) is 5.75 Å². The van der Waals surface area contributed by atoms with Crippen molar-refractivity contribution in [1.82, 2.24) is 10.2 Å². The third-order valence-corrected chi connectivity index (χ3v) is 4.42. The first-order valence-electron chi connectivity index (χ1n) is 6.91. The van der Waals surface area contributed by atoms with E-state index in [4.69, 9.17) is 4.74 Å². The molecule has 0 spiro atoms. The van der Waals surface area contributed by atoms with Gasteiger partial charge in [0, 0.05) is 12.1 Å². The zero-order valence-corrected chi connectivity index (χ0v) is 11.3. The van der Waals surface area contributed by atoms with Gasteiger partial charge in [0.05, 0.1) is 7.11 Å². The molecule has 3 heteroatoms. The van der Waals surface area contributed by atoms with Crippen molar-refractivity contribution >= 4 is 0 Å². The van der Waals surface area contributed by atoms with Crippen LogP contribution in [0.4, 0.5) is 0 Å². The molecular formula is C15H22N2O. The molecule has 2 atom stereocenters. The first kappa shape index (κ1) is 12.0. The maximum atomic E-state index is 5.35. The molecule has 0 amide bonds. The fraction of sp³-hybridized carbons (Fsp3) is 0.600. The molecule has 1 heterocycles. The minimum Gasteiger partial charge on any atom is -0.497 e. The number of nitrogens with one attached hydrogen (secondary N) is 1. The number of rotatable bonds is 3. The van der Waals surface area contributed by atoms with Crippen molar-refractivity contribution in [2.75, 3.05) is 27.2 Å². The highest BCUT2D eigenvalue weighted by Gasteiger charge is 2.36. The van der Waals surface area contributed by atoms with Crippen LogP contribution in [-0.2, 0) is 6.42 Å². The molecule has 3 rings (SSSR count). The molecule has 1 saturated heterocycles. The highest BCUT2D eigenvalue weighted by atomic mass is 16.5. The number of fused-ring (bicyclic) bond motifs is 1. The molecule has 0 radical (unpaired) electrons. The summed E-state index contributed by atoms with van der Waals surface area (Å²) in [5.74, 6) is 0.969. The molecule has 1 aliphatic heterocycles. The van der Waals surface area contributed by atoms with Gasteiger partial charge < -0.3 is 10.1 Å². The van der Waals surface area contributed by atoms with E-state index in [0.717, 1.165) is 5.75 Å². The molecular weight excluding hydrogens is 224 g/mol. The van der Waals surface area contributed by atoms with E-state index in [9.17, 15) is 0 Å². The van der Waals surface area contributed by atoms with Gasteiger partial charge in [0.15, 0.2) is 0 Å². The summed E-state index contributed by atoms with van der Waals surface area (Å²) in [6.07, 6.45) is 3.88. The second kappa shape index (κ2) is 4.90. The van der Waals surface area contributed by atoms with Crippen LogP contribution in [0.1, 0.15) is 30.0 Å². The minimum atomic E-state index is 0.452. The Morgan fingerprint density at radius 1 is 1.28 bits per heavy atom. The zero-order chi connectivity index (χ0) is 12.5. The Morgan fingerprint density at radius 2 is 2.06 bits per heavy atom. The number of likely N-dealkylation sites (tertiary alicyclic amines) is 1. The lowest BCUT2D eigenvalue weighted by molar-refractivity contribution is 0.208. The summed E-state index contributed by atoms with van der Waals surface area (Å²) in [5, 5.41) is 3.50. The molecule has 3 nitrogen and oxygen atoms in total. The molecule has 18 heavy (non-hydrogen) atoms. The number of nitrogens with zero attached hydrogens (tertiary/aromatic N) is 1. The molecule has 1 aliphatic carbocycles. The lowest BCUT2D eigenvalue weighted by atomic mass is 10.1. The van der Waals surface area contributed by atoms with Crippen LogP contribution >= 0.6 is 0 Å². The third kappa shape index (κ3) is 1.91. The van der Waals surface area contributed by atoms with Crippen LogP contribution in [0.5, 0.6) is 5.75 Å². The molecule has 1 aromatic rings. The predicted molar refractivity (Wildman–Crippen MR) is 73.1 cm³/mol. The summed E-state index contributed by atoms with van der Waals surface area (Å²) in [6, 6.07) is 7.59. The van der Waals surface area contributed by atoms with Gasteiger partial charge in [-0.05, 0) is 62.7 Å². The summed E-state index contributed by atoms with van der Waals surface area (Å²) in [4.78, 5) is 2.65. The number of methoxy groups -OCH3 is 1. The van der Waals surface area contributed by atoms with Crippen molar-refractivity contribution in [3.05, 3.63) is 29.3 Å². The van der Waals surface area contributed by atoms with Gasteiger partial charge in [-0.15, -0.1) is 0 Å². The van der Waals surface area contributed by atoms with Gasteiger partial charge in [-0.2, -0.15) is 0 Å². The molecule has 2 unspecified atom stereocenters. The maximum absolute atomic E-state index is 5.35. The summed E-state index contributed by atoms with van der Waals surface area (Å²) in [7, 11) is 3.81. The van der Waals surface area contributed by atoms with E-state index in [1.54, 1.807) is 7.11 Å². The maximum Gasteiger partial charge on any atom is 0.119 e. The van der Waals surface area contributed by atoms with Crippen LogP contribution in [0.25, 0.3) is 0 Å². The largest absolute Gasteiger partial charge is 0.497 e. The van der Waals surface area contributed by atoms with Crippen molar-refractivity contribution in [3.8, 4) is 5.75 Å². The van der Waals surface area contributed by atoms with E-state index in [-0.39, 0.29) is 0 Å². The minimum absolute atomic E-state index is 0.452. The summed E-state index contributed by atoms with van der Waals surface area (Å²) >= 11 is 0. The quantitative estimate of drug-likeness (QED) is 0.882. The van der Waals surface area contributed by atoms with Gasteiger partial charge in [0.25, 0.3) is 0 Å². The van der Waals surface area contributed by atoms with Crippen LogP contribution in [-0.4, -0.2) is 38.2 Å². The van der Waals surface area contributed by atoms with E-state index in [2.05, 4.69) is 35.5 Å². The van der Waals surface area contributed by atoms with Gasteiger partial charge in [-0.3, -0.25) is 4.90 Å². The van der Waals surface area contributed by atoms with Gasteiger partial charge in [0.2, 0.25) is 0 Å². The Kier molecular flexibility index (Phi) is 3.27. The Bertz CT molecular complexity index is 427. The summed E-state index contributed by atoms with van der Waals surface area (Å²) in [5.41, 5.74) is 2.90. The van der Waals surface area contributed by atoms with Crippen LogP contribution in [0.2, 0.25) is 0 Å². The van der Waals surface area contributed by atoms with E-state index in [0.29, 0.717) is 12.1 Å². The van der Waals surface area contributed by atoms with Gasteiger partial charge in [-0.1, -0.05) is 6.07 Å². The molecule has 1 N–H and O–H groups in total. The number of likely N-dealkylation sites (N-methyl/N-ethyl adjacent to an activating group) is 1. The highest BCUT2D eigenvalue weighted by Crippen LogP contribution is 2.37. The normalized spacial score (nSPS) is 27.4.